The lowest BCUT2D eigenvalue weighted by molar-refractivity contribution is 0.264. The van der Waals surface area contributed by atoms with Gasteiger partial charge in [-0.05, 0) is 44.5 Å². The standard InChI is InChI=1S/C17H24N2/c1-2-3-4-8-13-19-14-9-12-18-17(15-19)16-10-6-5-7-11-16/h1,5-7,10-11,17-18H,3-4,8-9,12-15H2. The first-order valence-electron chi connectivity index (χ1n) is 7.34. The van der Waals surface area contributed by atoms with Crippen molar-refractivity contribution in [3.8, 4) is 12.3 Å². The van der Waals surface area contributed by atoms with Gasteiger partial charge in [-0.3, -0.25) is 0 Å². The first kappa shape index (κ1) is 14.1. The van der Waals surface area contributed by atoms with Gasteiger partial charge in [0.25, 0.3) is 0 Å². The van der Waals surface area contributed by atoms with E-state index < -0.39 is 0 Å². The van der Waals surface area contributed by atoms with Crippen molar-refractivity contribution in [3.63, 3.8) is 0 Å². The van der Waals surface area contributed by atoms with Crippen LogP contribution in [0.5, 0.6) is 0 Å². The third-order valence-corrected chi connectivity index (χ3v) is 3.73. The van der Waals surface area contributed by atoms with Crippen molar-refractivity contribution in [2.45, 2.75) is 31.7 Å². The zero-order valence-corrected chi connectivity index (χ0v) is 11.6. The number of unbranched alkanes of at least 4 members (excludes halogenated alkanes) is 2. The summed E-state index contributed by atoms with van der Waals surface area (Å²) in [6.07, 6.45) is 9.81. The summed E-state index contributed by atoms with van der Waals surface area (Å²) in [6, 6.07) is 11.2. The number of benzene rings is 1. The largest absolute Gasteiger partial charge is 0.309 e. The molecule has 1 heterocycles. The fourth-order valence-corrected chi connectivity index (χ4v) is 2.67. The summed E-state index contributed by atoms with van der Waals surface area (Å²) < 4.78 is 0. The van der Waals surface area contributed by atoms with Crippen LogP contribution in [-0.4, -0.2) is 31.1 Å². The molecule has 0 aliphatic carbocycles. The lowest BCUT2D eigenvalue weighted by Gasteiger charge is -2.24. The van der Waals surface area contributed by atoms with Gasteiger partial charge in [0, 0.05) is 19.0 Å². The van der Waals surface area contributed by atoms with Gasteiger partial charge >= 0.3 is 0 Å². The Morgan fingerprint density at radius 1 is 1.26 bits per heavy atom. The zero-order chi connectivity index (χ0) is 13.3. The molecule has 1 aromatic carbocycles. The number of rotatable bonds is 5. The van der Waals surface area contributed by atoms with Crippen LogP contribution in [0.1, 0.15) is 37.3 Å². The van der Waals surface area contributed by atoms with E-state index in [0.29, 0.717) is 6.04 Å². The molecule has 1 aliphatic rings. The van der Waals surface area contributed by atoms with E-state index in [0.717, 1.165) is 25.9 Å². The van der Waals surface area contributed by atoms with Crippen LogP contribution in [0, 0.1) is 12.3 Å². The predicted octanol–water partition coefficient (Wildman–Crippen LogP) is 2.83. The Bertz CT molecular complexity index is 393. The van der Waals surface area contributed by atoms with Gasteiger partial charge in [0.2, 0.25) is 0 Å². The molecular formula is C17H24N2. The molecule has 1 aliphatic heterocycles. The van der Waals surface area contributed by atoms with Crippen LogP contribution < -0.4 is 5.32 Å². The van der Waals surface area contributed by atoms with Gasteiger partial charge in [-0.25, -0.2) is 0 Å². The Morgan fingerprint density at radius 3 is 2.89 bits per heavy atom. The van der Waals surface area contributed by atoms with E-state index in [1.807, 2.05) is 0 Å². The molecule has 0 spiro atoms. The molecule has 1 aromatic rings. The smallest absolute Gasteiger partial charge is 0.0449 e. The predicted molar refractivity (Wildman–Crippen MR) is 80.9 cm³/mol. The molecule has 1 N–H and O–H groups in total. The van der Waals surface area contributed by atoms with E-state index in [1.165, 1.54) is 31.5 Å². The number of nitrogens with one attached hydrogen (secondary N) is 1. The fourth-order valence-electron chi connectivity index (χ4n) is 2.67. The molecule has 0 radical (unpaired) electrons. The van der Waals surface area contributed by atoms with E-state index in [2.05, 4.69) is 46.5 Å². The molecule has 0 amide bonds. The van der Waals surface area contributed by atoms with Crippen LogP contribution >= 0.6 is 0 Å². The molecule has 1 fully saturated rings. The van der Waals surface area contributed by atoms with Crippen molar-refractivity contribution in [1.29, 1.82) is 0 Å². The molecule has 0 aromatic heterocycles. The first-order chi connectivity index (χ1) is 9.40. The van der Waals surface area contributed by atoms with Crippen LogP contribution in [0.4, 0.5) is 0 Å². The second-order valence-corrected chi connectivity index (χ2v) is 5.23. The van der Waals surface area contributed by atoms with Crippen molar-refractivity contribution < 1.29 is 0 Å². The fraction of sp³-hybridized carbons (Fsp3) is 0.529. The van der Waals surface area contributed by atoms with E-state index in [1.54, 1.807) is 0 Å². The number of nitrogens with zero attached hydrogens (tertiary/aromatic N) is 1. The number of hydrogen-bond donors (Lipinski definition) is 1. The minimum atomic E-state index is 0.469. The SMILES string of the molecule is C#CCCCCN1CCCNC(c2ccccc2)C1. The molecule has 1 unspecified atom stereocenters. The van der Waals surface area contributed by atoms with E-state index in [9.17, 15) is 0 Å². The van der Waals surface area contributed by atoms with E-state index >= 15 is 0 Å². The molecule has 2 rings (SSSR count). The summed E-state index contributed by atoms with van der Waals surface area (Å²) in [5, 5.41) is 3.66. The minimum Gasteiger partial charge on any atom is -0.309 e. The molecule has 19 heavy (non-hydrogen) atoms. The van der Waals surface area contributed by atoms with Crippen LogP contribution in [0.2, 0.25) is 0 Å². The summed E-state index contributed by atoms with van der Waals surface area (Å²) in [5.41, 5.74) is 1.40. The van der Waals surface area contributed by atoms with Gasteiger partial charge in [-0.2, -0.15) is 0 Å². The maximum Gasteiger partial charge on any atom is 0.0449 e. The number of hydrogen-bond acceptors (Lipinski definition) is 2. The van der Waals surface area contributed by atoms with Gasteiger partial charge in [-0.15, -0.1) is 12.3 Å². The monoisotopic (exact) mass is 256 g/mol. The third kappa shape index (κ3) is 4.70. The summed E-state index contributed by atoms with van der Waals surface area (Å²) in [7, 11) is 0. The van der Waals surface area contributed by atoms with Crippen molar-refractivity contribution in [3.05, 3.63) is 35.9 Å². The van der Waals surface area contributed by atoms with Crippen molar-refractivity contribution >= 4 is 0 Å². The van der Waals surface area contributed by atoms with Gasteiger partial charge in [0.15, 0.2) is 0 Å². The topological polar surface area (TPSA) is 15.3 Å². The average Bonchev–Trinajstić information content (AvgIpc) is 2.70. The summed E-state index contributed by atoms with van der Waals surface area (Å²) in [6.45, 7) is 4.60. The highest BCUT2D eigenvalue weighted by atomic mass is 15.2. The van der Waals surface area contributed by atoms with Crippen molar-refractivity contribution in [2.24, 2.45) is 0 Å². The van der Waals surface area contributed by atoms with Crippen LogP contribution in [0.3, 0.4) is 0 Å². The molecule has 0 saturated carbocycles. The molecule has 2 nitrogen and oxygen atoms in total. The molecule has 1 atom stereocenters. The van der Waals surface area contributed by atoms with E-state index in [-0.39, 0.29) is 0 Å². The first-order valence-corrected chi connectivity index (χ1v) is 7.34. The quantitative estimate of drug-likeness (QED) is 0.644. The normalized spacial score (nSPS) is 20.7. The highest BCUT2D eigenvalue weighted by molar-refractivity contribution is 5.19. The van der Waals surface area contributed by atoms with Gasteiger partial charge in [0.05, 0.1) is 0 Å². The molecule has 0 bridgehead atoms. The Hall–Kier alpha value is -1.30. The van der Waals surface area contributed by atoms with Crippen molar-refractivity contribution in [2.75, 3.05) is 26.2 Å². The van der Waals surface area contributed by atoms with Crippen LogP contribution in [0.25, 0.3) is 0 Å². The Balaban J connectivity index is 1.86. The average molecular weight is 256 g/mol. The molecular weight excluding hydrogens is 232 g/mol. The third-order valence-electron chi connectivity index (χ3n) is 3.73. The zero-order valence-electron chi connectivity index (χ0n) is 11.6. The maximum atomic E-state index is 5.30. The summed E-state index contributed by atoms with van der Waals surface area (Å²) >= 11 is 0. The van der Waals surface area contributed by atoms with Crippen molar-refractivity contribution in [1.82, 2.24) is 10.2 Å². The maximum absolute atomic E-state index is 5.30. The van der Waals surface area contributed by atoms with Gasteiger partial charge in [0.1, 0.15) is 0 Å². The molecule has 1 saturated heterocycles. The highest BCUT2D eigenvalue weighted by Gasteiger charge is 2.18. The lowest BCUT2D eigenvalue weighted by atomic mass is 10.1. The second kappa shape index (κ2) is 7.99. The second-order valence-electron chi connectivity index (χ2n) is 5.23. The van der Waals surface area contributed by atoms with Gasteiger partial charge in [-0.1, -0.05) is 30.3 Å². The summed E-state index contributed by atoms with van der Waals surface area (Å²) in [4.78, 5) is 2.58. The highest BCUT2D eigenvalue weighted by Crippen LogP contribution is 2.17. The molecule has 102 valence electrons. The Kier molecular flexibility index (Phi) is 5.94. The summed E-state index contributed by atoms with van der Waals surface area (Å²) in [5.74, 6) is 2.72. The lowest BCUT2D eigenvalue weighted by Crippen LogP contribution is -2.32. The van der Waals surface area contributed by atoms with Gasteiger partial charge < -0.3 is 10.2 Å². The van der Waals surface area contributed by atoms with E-state index in [4.69, 9.17) is 6.42 Å². The van der Waals surface area contributed by atoms with Crippen LogP contribution in [0.15, 0.2) is 30.3 Å². The number of terminal acetylenes is 1. The molecule has 2 heteroatoms. The van der Waals surface area contributed by atoms with Crippen LogP contribution in [-0.2, 0) is 0 Å². The Morgan fingerprint density at radius 2 is 2.11 bits per heavy atom. The minimum absolute atomic E-state index is 0.469. The Labute approximate surface area is 117 Å².